The van der Waals surface area contributed by atoms with E-state index in [0.717, 1.165) is 23.7 Å². The van der Waals surface area contributed by atoms with E-state index < -0.39 is 5.97 Å². The van der Waals surface area contributed by atoms with Gasteiger partial charge in [0, 0.05) is 23.6 Å². The Bertz CT molecular complexity index is 608. The van der Waals surface area contributed by atoms with Gasteiger partial charge in [0.05, 0.1) is 19.2 Å². The highest BCUT2D eigenvalue weighted by molar-refractivity contribution is 9.10. The van der Waals surface area contributed by atoms with Crippen molar-refractivity contribution in [3.05, 3.63) is 28.2 Å². The third-order valence-corrected chi connectivity index (χ3v) is 4.88. The van der Waals surface area contributed by atoms with E-state index in [0.29, 0.717) is 24.4 Å². The van der Waals surface area contributed by atoms with E-state index in [1.807, 2.05) is 22.9 Å². The van der Waals surface area contributed by atoms with Crippen molar-refractivity contribution < 1.29 is 19.4 Å². The van der Waals surface area contributed by atoms with Crippen LogP contribution >= 0.6 is 15.9 Å². The van der Waals surface area contributed by atoms with Gasteiger partial charge in [-0.05, 0) is 44.5 Å². The lowest BCUT2D eigenvalue weighted by atomic mass is 10.1. The van der Waals surface area contributed by atoms with Crippen LogP contribution in [0.2, 0.25) is 0 Å². The number of ether oxygens (including phenoxy) is 1. The minimum Gasteiger partial charge on any atom is -0.496 e. The first kappa shape index (κ1) is 18.7. The third kappa shape index (κ3) is 4.70. The number of carboxylic acids is 1. The molecular weight excluding hydrogens is 376 g/mol. The molecule has 1 aromatic carbocycles. The van der Waals surface area contributed by atoms with Gasteiger partial charge in [-0.2, -0.15) is 0 Å². The monoisotopic (exact) mass is 398 g/mol. The number of hydrogen-bond donors (Lipinski definition) is 1. The van der Waals surface area contributed by atoms with Crippen LogP contribution in [0.1, 0.15) is 29.6 Å². The first-order chi connectivity index (χ1) is 11.4. The second-order valence-electron chi connectivity index (χ2n) is 6.03. The smallest absolute Gasteiger partial charge is 0.317 e. The number of likely N-dealkylation sites (tertiary alicyclic amines) is 1. The van der Waals surface area contributed by atoms with Gasteiger partial charge < -0.3 is 14.7 Å². The molecular formula is C17H23BrN2O4. The molecule has 1 aliphatic rings. The van der Waals surface area contributed by atoms with Crippen LogP contribution in [0, 0.1) is 0 Å². The number of hydrogen-bond acceptors (Lipinski definition) is 4. The van der Waals surface area contributed by atoms with Crippen LogP contribution in [0.15, 0.2) is 22.7 Å². The SMILES string of the molecule is COc1cc(Br)ccc1C(=O)N1CCCC(N(C)CC(=O)O)CC1. The molecule has 1 N–H and O–H groups in total. The molecule has 0 spiro atoms. The Morgan fingerprint density at radius 3 is 2.79 bits per heavy atom. The fourth-order valence-corrected chi connectivity index (χ4v) is 3.42. The molecule has 0 radical (unpaired) electrons. The van der Waals surface area contributed by atoms with Crippen molar-refractivity contribution in [2.24, 2.45) is 0 Å². The van der Waals surface area contributed by atoms with Gasteiger partial charge in [0.1, 0.15) is 5.75 Å². The highest BCUT2D eigenvalue weighted by Crippen LogP contribution is 2.26. The summed E-state index contributed by atoms with van der Waals surface area (Å²) < 4.78 is 6.18. The zero-order chi connectivity index (χ0) is 17.7. The lowest BCUT2D eigenvalue weighted by Gasteiger charge is -2.25. The molecule has 132 valence electrons. The molecule has 7 heteroatoms. The number of methoxy groups -OCH3 is 1. The van der Waals surface area contributed by atoms with E-state index in [2.05, 4.69) is 15.9 Å². The Kier molecular flexibility index (Phi) is 6.62. The van der Waals surface area contributed by atoms with Crippen molar-refractivity contribution in [1.82, 2.24) is 9.80 Å². The average molecular weight is 399 g/mol. The van der Waals surface area contributed by atoms with Gasteiger partial charge in [-0.1, -0.05) is 15.9 Å². The molecule has 1 fully saturated rings. The van der Waals surface area contributed by atoms with E-state index in [4.69, 9.17) is 9.84 Å². The zero-order valence-corrected chi connectivity index (χ0v) is 15.6. The van der Waals surface area contributed by atoms with Crippen molar-refractivity contribution in [3.8, 4) is 5.75 Å². The standard InChI is InChI=1S/C17H23BrN2O4/c1-19(11-16(21)22)13-4-3-8-20(9-7-13)17(23)14-6-5-12(18)10-15(14)24-2/h5-6,10,13H,3-4,7-9,11H2,1-2H3,(H,21,22). The van der Waals surface area contributed by atoms with Crippen LogP contribution in [0.4, 0.5) is 0 Å². The number of carboxylic acid groups (broad SMARTS) is 1. The molecule has 1 aromatic rings. The van der Waals surface area contributed by atoms with Crippen LogP contribution in [-0.2, 0) is 4.79 Å². The highest BCUT2D eigenvalue weighted by Gasteiger charge is 2.26. The van der Waals surface area contributed by atoms with Crippen molar-refractivity contribution >= 4 is 27.8 Å². The molecule has 1 heterocycles. The van der Waals surface area contributed by atoms with E-state index in [1.54, 1.807) is 19.2 Å². The first-order valence-electron chi connectivity index (χ1n) is 7.97. The number of carbonyl (C=O) groups excluding carboxylic acids is 1. The molecule has 1 unspecified atom stereocenters. The second-order valence-corrected chi connectivity index (χ2v) is 6.95. The van der Waals surface area contributed by atoms with Gasteiger partial charge in [-0.3, -0.25) is 14.5 Å². The maximum atomic E-state index is 12.8. The molecule has 0 aliphatic carbocycles. The van der Waals surface area contributed by atoms with Gasteiger partial charge in [-0.25, -0.2) is 0 Å². The van der Waals surface area contributed by atoms with E-state index in [9.17, 15) is 9.59 Å². The Morgan fingerprint density at radius 1 is 1.38 bits per heavy atom. The summed E-state index contributed by atoms with van der Waals surface area (Å²) in [7, 11) is 3.38. The summed E-state index contributed by atoms with van der Waals surface area (Å²) >= 11 is 3.38. The van der Waals surface area contributed by atoms with Crippen molar-refractivity contribution in [1.29, 1.82) is 0 Å². The summed E-state index contributed by atoms with van der Waals surface area (Å²) in [5, 5.41) is 8.93. The molecule has 1 amide bonds. The molecule has 0 bridgehead atoms. The number of benzene rings is 1. The van der Waals surface area contributed by atoms with Crippen LogP contribution in [-0.4, -0.2) is 66.6 Å². The van der Waals surface area contributed by atoms with E-state index >= 15 is 0 Å². The zero-order valence-electron chi connectivity index (χ0n) is 14.0. The Balaban J connectivity index is 2.06. The molecule has 1 atom stereocenters. The highest BCUT2D eigenvalue weighted by atomic mass is 79.9. The minimum absolute atomic E-state index is 0.0269. The molecule has 1 aliphatic heterocycles. The maximum absolute atomic E-state index is 12.8. The summed E-state index contributed by atoms with van der Waals surface area (Å²) in [6.07, 6.45) is 2.53. The summed E-state index contributed by atoms with van der Waals surface area (Å²) in [6.45, 7) is 1.32. The average Bonchev–Trinajstić information content (AvgIpc) is 2.79. The quantitative estimate of drug-likeness (QED) is 0.824. The topological polar surface area (TPSA) is 70.1 Å². The molecule has 2 rings (SSSR count). The normalized spacial score (nSPS) is 18.3. The Labute approximate surface area is 150 Å². The number of likely N-dealkylation sites (N-methyl/N-ethyl adjacent to an activating group) is 1. The van der Waals surface area contributed by atoms with Crippen LogP contribution in [0.3, 0.4) is 0 Å². The van der Waals surface area contributed by atoms with Gasteiger partial charge in [0.2, 0.25) is 0 Å². The predicted octanol–water partition coefficient (Wildman–Crippen LogP) is 2.47. The van der Waals surface area contributed by atoms with Gasteiger partial charge in [0.15, 0.2) is 0 Å². The fraction of sp³-hybridized carbons (Fsp3) is 0.529. The van der Waals surface area contributed by atoms with E-state index in [-0.39, 0.29) is 18.5 Å². The Morgan fingerprint density at radius 2 is 2.12 bits per heavy atom. The number of halogens is 1. The molecule has 6 nitrogen and oxygen atoms in total. The van der Waals surface area contributed by atoms with Crippen LogP contribution < -0.4 is 4.74 Å². The first-order valence-corrected chi connectivity index (χ1v) is 8.76. The maximum Gasteiger partial charge on any atom is 0.317 e. The molecule has 0 aromatic heterocycles. The van der Waals surface area contributed by atoms with Gasteiger partial charge in [-0.15, -0.1) is 0 Å². The predicted molar refractivity (Wildman–Crippen MR) is 94.5 cm³/mol. The number of rotatable bonds is 5. The second kappa shape index (κ2) is 8.48. The molecule has 24 heavy (non-hydrogen) atoms. The number of carbonyl (C=O) groups is 2. The minimum atomic E-state index is -0.825. The molecule has 1 saturated heterocycles. The molecule has 0 saturated carbocycles. The largest absolute Gasteiger partial charge is 0.496 e. The van der Waals surface area contributed by atoms with Crippen LogP contribution in [0.5, 0.6) is 5.75 Å². The van der Waals surface area contributed by atoms with Crippen molar-refractivity contribution in [3.63, 3.8) is 0 Å². The number of nitrogens with zero attached hydrogens (tertiary/aromatic N) is 2. The fourth-order valence-electron chi connectivity index (χ4n) is 3.08. The Hall–Kier alpha value is -1.60. The van der Waals surface area contributed by atoms with Gasteiger partial charge >= 0.3 is 5.97 Å². The van der Waals surface area contributed by atoms with Crippen molar-refractivity contribution in [2.45, 2.75) is 25.3 Å². The summed E-state index contributed by atoms with van der Waals surface area (Å²) in [6, 6.07) is 5.57. The lowest BCUT2D eigenvalue weighted by Crippen LogP contribution is -2.37. The summed E-state index contributed by atoms with van der Waals surface area (Å²) in [4.78, 5) is 27.4. The number of amides is 1. The van der Waals surface area contributed by atoms with Crippen molar-refractivity contribution in [2.75, 3.05) is 33.8 Å². The van der Waals surface area contributed by atoms with E-state index in [1.165, 1.54) is 0 Å². The van der Waals surface area contributed by atoms with Gasteiger partial charge in [0.25, 0.3) is 5.91 Å². The number of aliphatic carboxylic acids is 1. The van der Waals surface area contributed by atoms with Crippen LogP contribution in [0.25, 0.3) is 0 Å². The summed E-state index contributed by atoms with van der Waals surface area (Å²) in [5.74, 6) is -0.312. The lowest BCUT2D eigenvalue weighted by molar-refractivity contribution is -0.138. The third-order valence-electron chi connectivity index (χ3n) is 4.39. The summed E-state index contributed by atoms with van der Waals surface area (Å²) in [5.41, 5.74) is 0.554.